The van der Waals surface area contributed by atoms with Crippen molar-refractivity contribution >= 4 is 17.4 Å². The summed E-state index contributed by atoms with van der Waals surface area (Å²) in [6.45, 7) is 12.4. The van der Waals surface area contributed by atoms with Gasteiger partial charge in [0.25, 0.3) is 0 Å². The lowest BCUT2D eigenvalue weighted by molar-refractivity contribution is 0.588. The highest BCUT2D eigenvalue weighted by molar-refractivity contribution is 8.00. The van der Waals surface area contributed by atoms with Crippen LogP contribution in [0, 0.1) is 0 Å². The molecular weight excluding hydrogens is 214 g/mol. The highest BCUT2D eigenvalue weighted by atomic mass is 32.2. The van der Waals surface area contributed by atoms with E-state index in [1.807, 2.05) is 11.8 Å². The average molecular weight is 235 g/mol. The SMILES string of the molecule is CC1(C)CNc2c(cccc2C(C)(C)C)S1. The minimum absolute atomic E-state index is 0.209. The van der Waals surface area contributed by atoms with E-state index in [1.54, 1.807) is 0 Å². The zero-order valence-corrected chi connectivity index (χ0v) is 11.7. The van der Waals surface area contributed by atoms with Gasteiger partial charge in [-0.05, 0) is 30.9 Å². The van der Waals surface area contributed by atoms with Gasteiger partial charge in [0.1, 0.15) is 0 Å². The lowest BCUT2D eigenvalue weighted by Gasteiger charge is -2.35. The molecule has 0 radical (unpaired) electrons. The summed E-state index contributed by atoms with van der Waals surface area (Å²) < 4.78 is 0.295. The van der Waals surface area contributed by atoms with Gasteiger partial charge < -0.3 is 5.32 Å². The summed E-state index contributed by atoms with van der Waals surface area (Å²) in [6, 6.07) is 6.64. The van der Waals surface area contributed by atoms with Gasteiger partial charge >= 0.3 is 0 Å². The third kappa shape index (κ3) is 2.22. The van der Waals surface area contributed by atoms with Crippen LogP contribution in [0.5, 0.6) is 0 Å². The molecule has 0 spiro atoms. The molecule has 1 aliphatic heterocycles. The predicted octanol–water partition coefficient (Wildman–Crippen LogP) is 4.28. The molecule has 2 heteroatoms. The first-order valence-corrected chi connectivity index (χ1v) is 6.68. The Morgan fingerprint density at radius 2 is 1.94 bits per heavy atom. The minimum atomic E-state index is 0.209. The summed E-state index contributed by atoms with van der Waals surface area (Å²) in [4.78, 5) is 1.39. The van der Waals surface area contributed by atoms with Gasteiger partial charge in [0.05, 0.1) is 5.69 Å². The van der Waals surface area contributed by atoms with Crippen LogP contribution in [-0.4, -0.2) is 11.3 Å². The fraction of sp³-hybridized carbons (Fsp3) is 0.571. The van der Waals surface area contributed by atoms with E-state index >= 15 is 0 Å². The van der Waals surface area contributed by atoms with Gasteiger partial charge in [0, 0.05) is 16.2 Å². The Bertz CT molecular complexity index is 402. The van der Waals surface area contributed by atoms with Gasteiger partial charge in [-0.2, -0.15) is 0 Å². The summed E-state index contributed by atoms with van der Waals surface area (Å²) in [5.74, 6) is 0. The molecule has 0 fully saturated rings. The van der Waals surface area contributed by atoms with Gasteiger partial charge in [0.2, 0.25) is 0 Å². The van der Waals surface area contributed by atoms with Gasteiger partial charge in [-0.1, -0.05) is 32.9 Å². The third-order valence-corrected chi connectivity index (χ3v) is 4.17. The number of para-hydroxylation sites is 1. The molecule has 2 rings (SSSR count). The molecule has 16 heavy (non-hydrogen) atoms. The first kappa shape index (κ1) is 11.8. The Morgan fingerprint density at radius 1 is 1.25 bits per heavy atom. The molecule has 1 aromatic carbocycles. The molecule has 0 saturated heterocycles. The van der Waals surface area contributed by atoms with Crippen molar-refractivity contribution in [1.82, 2.24) is 0 Å². The van der Waals surface area contributed by atoms with Crippen LogP contribution >= 0.6 is 11.8 Å². The molecule has 0 saturated carbocycles. The van der Waals surface area contributed by atoms with Gasteiger partial charge in [-0.15, -0.1) is 11.8 Å². The maximum Gasteiger partial charge on any atom is 0.0516 e. The lowest BCUT2D eigenvalue weighted by atomic mass is 9.85. The fourth-order valence-electron chi connectivity index (χ4n) is 2.06. The Hall–Kier alpha value is -0.630. The summed E-state index contributed by atoms with van der Waals surface area (Å²) in [5, 5.41) is 3.61. The molecule has 0 aromatic heterocycles. The number of nitrogens with one attached hydrogen (secondary N) is 1. The monoisotopic (exact) mass is 235 g/mol. The van der Waals surface area contributed by atoms with Crippen molar-refractivity contribution in [2.45, 2.75) is 49.7 Å². The van der Waals surface area contributed by atoms with Crippen LogP contribution in [0.4, 0.5) is 5.69 Å². The second kappa shape index (κ2) is 3.69. The molecule has 1 aromatic rings. The van der Waals surface area contributed by atoms with E-state index in [4.69, 9.17) is 0 Å². The molecule has 0 aliphatic carbocycles. The standard InChI is InChI=1S/C14H21NS/c1-13(2,3)10-7-6-8-11-12(10)15-9-14(4,5)16-11/h6-8,15H,9H2,1-5H3. The minimum Gasteiger partial charge on any atom is -0.383 e. The Labute approximate surface area is 103 Å². The van der Waals surface area contributed by atoms with Crippen LogP contribution in [0.25, 0.3) is 0 Å². The summed E-state index contributed by atoms with van der Waals surface area (Å²) in [7, 11) is 0. The van der Waals surface area contributed by atoms with Crippen LogP contribution in [-0.2, 0) is 5.41 Å². The first-order valence-electron chi connectivity index (χ1n) is 5.86. The van der Waals surface area contributed by atoms with Gasteiger partial charge in [0.15, 0.2) is 0 Å². The summed E-state index contributed by atoms with van der Waals surface area (Å²) in [5.41, 5.74) is 2.98. The first-order chi connectivity index (χ1) is 7.30. The van der Waals surface area contributed by atoms with E-state index in [2.05, 4.69) is 58.1 Å². The molecule has 88 valence electrons. The second-order valence-corrected chi connectivity index (χ2v) is 7.89. The highest BCUT2D eigenvalue weighted by Crippen LogP contribution is 2.45. The van der Waals surface area contributed by atoms with Crippen molar-refractivity contribution in [3.8, 4) is 0 Å². The molecule has 0 unspecified atom stereocenters. The van der Waals surface area contributed by atoms with Crippen molar-refractivity contribution in [1.29, 1.82) is 0 Å². The Kier molecular flexibility index (Phi) is 2.73. The van der Waals surface area contributed by atoms with Crippen LogP contribution in [0.1, 0.15) is 40.2 Å². The largest absolute Gasteiger partial charge is 0.383 e. The average Bonchev–Trinajstić information content (AvgIpc) is 2.13. The van der Waals surface area contributed by atoms with Crippen molar-refractivity contribution in [3.63, 3.8) is 0 Å². The van der Waals surface area contributed by atoms with Crippen LogP contribution in [0.15, 0.2) is 23.1 Å². The second-order valence-electron chi connectivity index (χ2n) is 6.14. The molecule has 0 bridgehead atoms. The number of anilines is 1. The zero-order valence-electron chi connectivity index (χ0n) is 10.8. The maximum absolute atomic E-state index is 3.61. The number of fused-ring (bicyclic) bond motifs is 1. The summed E-state index contributed by atoms with van der Waals surface area (Å²) in [6.07, 6.45) is 0. The normalized spacial score (nSPS) is 18.8. The molecule has 1 N–H and O–H groups in total. The number of rotatable bonds is 0. The van der Waals surface area contributed by atoms with Gasteiger partial charge in [-0.3, -0.25) is 0 Å². The van der Waals surface area contributed by atoms with Crippen LogP contribution in [0.2, 0.25) is 0 Å². The molecule has 1 heterocycles. The fourth-order valence-corrected chi connectivity index (χ4v) is 3.23. The van der Waals surface area contributed by atoms with E-state index < -0.39 is 0 Å². The maximum atomic E-state index is 3.61. The zero-order chi connectivity index (χ0) is 12.0. The number of hydrogen-bond donors (Lipinski definition) is 1. The third-order valence-electron chi connectivity index (χ3n) is 2.91. The van der Waals surface area contributed by atoms with Crippen molar-refractivity contribution < 1.29 is 0 Å². The molecule has 0 atom stereocenters. The summed E-state index contributed by atoms with van der Waals surface area (Å²) >= 11 is 1.98. The van der Waals surface area contributed by atoms with E-state index in [-0.39, 0.29) is 5.41 Å². The quantitative estimate of drug-likeness (QED) is 0.720. The Balaban J connectivity index is 2.47. The molecule has 1 nitrogen and oxygen atoms in total. The number of hydrogen-bond acceptors (Lipinski definition) is 2. The van der Waals surface area contributed by atoms with E-state index in [0.29, 0.717) is 4.75 Å². The smallest absolute Gasteiger partial charge is 0.0516 e. The lowest BCUT2D eigenvalue weighted by Crippen LogP contribution is -2.31. The topological polar surface area (TPSA) is 12.0 Å². The van der Waals surface area contributed by atoms with Crippen LogP contribution in [0.3, 0.4) is 0 Å². The van der Waals surface area contributed by atoms with Crippen molar-refractivity contribution in [2.24, 2.45) is 0 Å². The highest BCUT2D eigenvalue weighted by Gasteiger charge is 2.29. The van der Waals surface area contributed by atoms with Crippen molar-refractivity contribution in [2.75, 3.05) is 11.9 Å². The van der Waals surface area contributed by atoms with Gasteiger partial charge in [-0.25, -0.2) is 0 Å². The number of thioether (sulfide) groups is 1. The molecule has 1 aliphatic rings. The Morgan fingerprint density at radius 3 is 2.56 bits per heavy atom. The number of benzene rings is 1. The van der Waals surface area contributed by atoms with E-state index in [0.717, 1.165) is 6.54 Å². The van der Waals surface area contributed by atoms with Crippen LogP contribution < -0.4 is 5.32 Å². The molecular formula is C14H21NS. The predicted molar refractivity (Wildman–Crippen MR) is 73.6 cm³/mol. The van der Waals surface area contributed by atoms with Crippen molar-refractivity contribution in [3.05, 3.63) is 23.8 Å². The molecule has 0 amide bonds. The van der Waals surface area contributed by atoms with E-state index in [1.165, 1.54) is 16.1 Å². The van der Waals surface area contributed by atoms with E-state index in [9.17, 15) is 0 Å².